The minimum atomic E-state index is 0.00712. The van der Waals surface area contributed by atoms with Crippen LogP contribution in [0.3, 0.4) is 0 Å². The van der Waals surface area contributed by atoms with Gasteiger partial charge in [-0.1, -0.05) is 24.3 Å². The van der Waals surface area contributed by atoms with Crippen LogP contribution >= 0.6 is 0 Å². The summed E-state index contributed by atoms with van der Waals surface area (Å²) in [5, 5.41) is 12.3. The van der Waals surface area contributed by atoms with E-state index < -0.39 is 0 Å². The number of carbonyl (C=O) groups is 1. The SMILES string of the molecule is O=C(NCC1CC12CCCc1ccccc12)N(CCO)C1CC1. The normalized spacial score (nSPS) is 28.3. The van der Waals surface area contributed by atoms with Crippen LogP contribution in [0.15, 0.2) is 24.3 Å². The van der Waals surface area contributed by atoms with Crippen LogP contribution in [0.2, 0.25) is 0 Å². The zero-order valence-electron chi connectivity index (χ0n) is 13.6. The van der Waals surface area contributed by atoms with Gasteiger partial charge in [0.2, 0.25) is 0 Å². The van der Waals surface area contributed by atoms with Gasteiger partial charge in [0.1, 0.15) is 0 Å². The number of nitrogens with one attached hydrogen (secondary N) is 1. The van der Waals surface area contributed by atoms with Gasteiger partial charge in [0.05, 0.1) is 6.61 Å². The van der Waals surface area contributed by atoms with Gasteiger partial charge in [-0.2, -0.15) is 0 Å². The summed E-state index contributed by atoms with van der Waals surface area (Å²) >= 11 is 0. The first-order valence-electron chi connectivity index (χ1n) is 8.98. The van der Waals surface area contributed by atoms with Crippen molar-refractivity contribution in [3.8, 4) is 0 Å². The standard InChI is InChI=1S/C19H26N2O2/c22-11-10-21(16-7-8-16)18(23)20-13-15-12-19(15)9-3-5-14-4-1-2-6-17(14)19/h1-2,4,6,15-16,22H,3,5,7-13H2,(H,20,23). The molecule has 4 heteroatoms. The van der Waals surface area contributed by atoms with Crippen molar-refractivity contribution in [2.24, 2.45) is 5.92 Å². The van der Waals surface area contributed by atoms with Crippen molar-refractivity contribution in [3.05, 3.63) is 35.4 Å². The Morgan fingerprint density at radius 1 is 1.35 bits per heavy atom. The van der Waals surface area contributed by atoms with E-state index in [1.54, 1.807) is 0 Å². The van der Waals surface area contributed by atoms with Gasteiger partial charge in [-0.3, -0.25) is 0 Å². The number of amides is 2. The molecule has 4 rings (SSSR count). The first-order chi connectivity index (χ1) is 11.2. The van der Waals surface area contributed by atoms with E-state index in [4.69, 9.17) is 5.11 Å². The lowest BCUT2D eigenvalue weighted by molar-refractivity contribution is 0.173. The number of hydrogen-bond acceptors (Lipinski definition) is 2. The smallest absolute Gasteiger partial charge is 0.317 e. The third-order valence-corrected chi connectivity index (χ3v) is 5.94. The predicted molar refractivity (Wildman–Crippen MR) is 89.4 cm³/mol. The molecule has 0 saturated heterocycles. The van der Waals surface area contributed by atoms with Crippen LogP contribution in [0.4, 0.5) is 4.79 Å². The summed E-state index contributed by atoms with van der Waals surface area (Å²) in [7, 11) is 0. The Labute approximate surface area is 137 Å². The van der Waals surface area contributed by atoms with E-state index in [0.717, 1.165) is 19.4 Å². The molecule has 0 bridgehead atoms. The Hall–Kier alpha value is -1.55. The zero-order valence-corrected chi connectivity index (χ0v) is 13.6. The summed E-state index contributed by atoms with van der Waals surface area (Å²) in [4.78, 5) is 14.2. The summed E-state index contributed by atoms with van der Waals surface area (Å²) in [5.74, 6) is 0.572. The topological polar surface area (TPSA) is 52.6 Å². The molecule has 2 amide bonds. The minimum absolute atomic E-state index is 0.00712. The number of hydrogen-bond donors (Lipinski definition) is 2. The fourth-order valence-corrected chi connectivity index (χ4v) is 4.49. The Bertz CT molecular complexity index is 599. The van der Waals surface area contributed by atoms with Crippen LogP contribution in [0.1, 0.15) is 43.2 Å². The van der Waals surface area contributed by atoms with Crippen LogP contribution in [-0.2, 0) is 11.8 Å². The van der Waals surface area contributed by atoms with Crippen molar-refractivity contribution in [1.29, 1.82) is 0 Å². The quantitative estimate of drug-likeness (QED) is 0.877. The average molecular weight is 314 g/mol. The second-order valence-corrected chi connectivity index (χ2v) is 7.40. The molecule has 0 aromatic heterocycles. The number of nitrogens with zero attached hydrogens (tertiary/aromatic N) is 1. The summed E-state index contributed by atoms with van der Waals surface area (Å²) < 4.78 is 0. The largest absolute Gasteiger partial charge is 0.395 e. The monoisotopic (exact) mass is 314 g/mol. The van der Waals surface area contributed by atoms with Gasteiger partial charge >= 0.3 is 6.03 Å². The van der Waals surface area contributed by atoms with Gasteiger partial charge in [-0.05, 0) is 55.6 Å². The van der Waals surface area contributed by atoms with Gasteiger partial charge in [-0.15, -0.1) is 0 Å². The number of benzene rings is 1. The molecule has 0 radical (unpaired) electrons. The molecule has 4 nitrogen and oxygen atoms in total. The molecular formula is C19H26N2O2. The molecule has 0 heterocycles. The highest BCUT2D eigenvalue weighted by atomic mass is 16.3. The maximum Gasteiger partial charge on any atom is 0.317 e. The number of rotatable bonds is 5. The molecule has 124 valence electrons. The Morgan fingerprint density at radius 3 is 2.96 bits per heavy atom. The van der Waals surface area contributed by atoms with Gasteiger partial charge in [0.15, 0.2) is 0 Å². The van der Waals surface area contributed by atoms with E-state index in [2.05, 4.69) is 29.6 Å². The minimum Gasteiger partial charge on any atom is -0.395 e. The van der Waals surface area contributed by atoms with Crippen molar-refractivity contribution >= 4 is 6.03 Å². The summed E-state index contributed by atoms with van der Waals surface area (Å²) in [5.41, 5.74) is 3.36. The van der Waals surface area contributed by atoms with Gasteiger partial charge in [-0.25, -0.2) is 4.79 Å². The van der Waals surface area contributed by atoms with Crippen LogP contribution in [0, 0.1) is 5.92 Å². The summed E-state index contributed by atoms with van der Waals surface area (Å²) in [6, 6.07) is 9.20. The van der Waals surface area contributed by atoms with E-state index in [1.807, 2.05) is 4.90 Å². The Kier molecular flexibility index (Phi) is 3.80. The number of aryl methyl sites for hydroxylation is 1. The van der Waals surface area contributed by atoms with Gasteiger partial charge in [0.25, 0.3) is 0 Å². The average Bonchev–Trinajstić information content (AvgIpc) is 3.48. The third kappa shape index (κ3) is 2.74. The molecule has 1 spiro atoms. The molecule has 23 heavy (non-hydrogen) atoms. The molecule has 2 saturated carbocycles. The summed E-state index contributed by atoms with van der Waals surface area (Å²) in [6.07, 6.45) is 7.08. The van der Waals surface area contributed by atoms with Crippen LogP contribution in [0.25, 0.3) is 0 Å². The van der Waals surface area contributed by atoms with Crippen molar-refractivity contribution in [3.63, 3.8) is 0 Å². The number of carbonyl (C=O) groups excluding carboxylic acids is 1. The molecule has 0 aliphatic heterocycles. The van der Waals surface area contributed by atoms with Crippen LogP contribution < -0.4 is 5.32 Å². The molecule has 2 unspecified atom stereocenters. The van der Waals surface area contributed by atoms with Crippen molar-refractivity contribution in [2.45, 2.75) is 50.0 Å². The maximum atomic E-state index is 12.4. The Morgan fingerprint density at radius 2 is 2.17 bits per heavy atom. The molecule has 2 fully saturated rings. The van der Waals surface area contributed by atoms with Crippen molar-refractivity contribution in [2.75, 3.05) is 19.7 Å². The third-order valence-electron chi connectivity index (χ3n) is 5.94. The highest BCUT2D eigenvalue weighted by Gasteiger charge is 2.56. The van der Waals surface area contributed by atoms with Crippen molar-refractivity contribution in [1.82, 2.24) is 10.2 Å². The highest BCUT2D eigenvalue weighted by molar-refractivity contribution is 5.75. The molecule has 1 aromatic carbocycles. The second-order valence-electron chi connectivity index (χ2n) is 7.40. The molecular weight excluding hydrogens is 288 g/mol. The number of urea groups is 1. The van der Waals surface area contributed by atoms with Gasteiger partial charge < -0.3 is 15.3 Å². The van der Waals surface area contributed by atoms with E-state index in [0.29, 0.717) is 23.9 Å². The molecule has 2 N–H and O–H groups in total. The van der Waals surface area contributed by atoms with E-state index in [1.165, 1.54) is 36.8 Å². The lowest BCUT2D eigenvalue weighted by Gasteiger charge is -2.27. The first-order valence-corrected chi connectivity index (χ1v) is 8.98. The van der Waals surface area contributed by atoms with Crippen LogP contribution in [-0.4, -0.2) is 41.8 Å². The first kappa shape index (κ1) is 15.0. The van der Waals surface area contributed by atoms with E-state index in [-0.39, 0.29) is 12.6 Å². The van der Waals surface area contributed by atoms with Crippen LogP contribution in [0.5, 0.6) is 0 Å². The summed E-state index contributed by atoms with van der Waals surface area (Å²) in [6.45, 7) is 1.27. The molecule has 3 aliphatic carbocycles. The molecule has 1 aromatic rings. The second kappa shape index (κ2) is 5.82. The van der Waals surface area contributed by atoms with E-state index in [9.17, 15) is 4.79 Å². The fraction of sp³-hybridized carbons (Fsp3) is 0.632. The predicted octanol–water partition coefficient (Wildman–Crippen LogP) is 2.45. The van der Waals surface area contributed by atoms with Crippen molar-refractivity contribution < 1.29 is 9.90 Å². The molecule has 3 aliphatic rings. The lowest BCUT2D eigenvalue weighted by Crippen LogP contribution is -2.44. The highest BCUT2D eigenvalue weighted by Crippen LogP contribution is 2.59. The fourth-order valence-electron chi connectivity index (χ4n) is 4.49. The number of aliphatic hydroxyl groups excluding tert-OH is 1. The molecule has 2 atom stereocenters. The number of fused-ring (bicyclic) bond motifs is 2. The number of aliphatic hydroxyl groups is 1. The Balaban J connectivity index is 1.38. The zero-order chi connectivity index (χ0) is 15.9. The lowest BCUT2D eigenvalue weighted by atomic mass is 9.78. The van der Waals surface area contributed by atoms with E-state index >= 15 is 0 Å². The van der Waals surface area contributed by atoms with Gasteiger partial charge in [0, 0.05) is 24.5 Å². The maximum absolute atomic E-state index is 12.4.